The molecule has 0 aliphatic carbocycles. The molecular weight excluding hydrogens is 345 g/mol. The van der Waals surface area contributed by atoms with E-state index in [0.717, 1.165) is 11.1 Å². The van der Waals surface area contributed by atoms with E-state index in [-0.39, 0.29) is 29.8 Å². The Hall–Kier alpha value is -2.09. The second-order valence-electron chi connectivity index (χ2n) is 5.45. The Morgan fingerprint density at radius 2 is 1.92 bits per heavy atom. The number of ether oxygens (including phenoxy) is 1. The van der Waals surface area contributed by atoms with E-state index in [9.17, 15) is 17.9 Å². The molecule has 7 heteroatoms. The molecule has 5 nitrogen and oxygen atoms in total. The summed E-state index contributed by atoms with van der Waals surface area (Å²) in [6, 6.07) is 12.6. The van der Waals surface area contributed by atoms with Crippen LogP contribution < -0.4 is 5.32 Å². The Bertz CT molecular complexity index is 721. The Balaban J connectivity index is 1.61. The monoisotopic (exact) mass is 364 g/mol. The highest BCUT2D eigenvalue weighted by atomic mass is 32.2. The zero-order valence-electron chi connectivity index (χ0n) is 13.6. The first-order valence-corrected chi connectivity index (χ1v) is 8.89. The highest BCUT2D eigenvalue weighted by Gasteiger charge is 2.02. The lowest BCUT2D eigenvalue weighted by atomic mass is 10.1. The molecule has 0 fully saturated rings. The van der Waals surface area contributed by atoms with Gasteiger partial charge in [-0.1, -0.05) is 24.3 Å². The third-order valence-electron chi connectivity index (χ3n) is 3.47. The summed E-state index contributed by atoms with van der Waals surface area (Å²) in [6.45, 7) is 0.651. The van der Waals surface area contributed by atoms with Crippen LogP contribution in [0.5, 0.6) is 0 Å². The van der Waals surface area contributed by atoms with Gasteiger partial charge in [0.05, 0.1) is 6.61 Å². The summed E-state index contributed by atoms with van der Waals surface area (Å²) < 4.78 is 39.8. The average Bonchev–Trinajstić information content (AvgIpc) is 2.61. The number of halogens is 1. The number of hydrogen-bond acceptors (Lipinski definition) is 4. The van der Waals surface area contributed by atoms with Gasteiger partial charge in [0, 0.05) is 11.4 Å². The summed E-state index contributed by atoms with van der Waals surface area (Å²) in [5, 5.41) is 2.74. The molecule has 0 saturated heterocycles. The van der Waals surface area contributed by atoms with Gasteiger partial charge in [-0.2, -0.15) is 0 Å². The molecule has 0 radical (unpaired) electrons. The molecule has 0 aliphatic heterocycles. The van der Waals surface area contributed by atoms with Crippen molar-refractivity contribution in [1.29, 1.82) is 0 Å². The van der Waals surface area contributed by atoms with Gasteiger partial charge in [0.1, 0.15) is 12.4 Å². The van der Waals surface area contributed by atoms with E-state index < -0.39 is 11.1 Å². The predicted octanol–water partition coefficient (Wildman–Crippen LogP) is 2.33. The molecule has 2 aromatic carbocycles. The van der Waals surface area contributed by atoms with Gasteiger partial charge in [-0.25, -0.2) is 4.39 Å². The quantitative estimate of drug-likeness (QED) is 0.547. The van der Waals surface area contributed by atoms with Crippen molar-refractivity contribution in [3.05, 3.63) is 65.5 Å². The van der Waals surface area contributed by atoms with Crippen LogP contribution in [0.1, 0.15) is 17.5 Å². The largest absolute Gasteiger partial charge is 0.768 e. The third-order valence-corrected chi connectivity index (χ3v) is 4.11. The first-order valence-electron chi connectivity index (χ1n) is 7.81. The lowest BCUT2D eigenvalue weighted by Crippen LogP contribution is -2.28. The number of benzene rings is 2. The van der Waals surface area contributed by atoms with Crippen molar-refractivity contribution < 1.29 is 22.7 Å². The van der Waals surface area contributed by atoms with Crippen LogP contribution in [0.4, 0.5) is 4.39 Å². The Kier molecular flexibility index (Phi) is 7.72. The van der Waals surface area contributed by atoms with Gasteiger partial charge in [-0.3, -0.25) is 9.00 Å². The normalized spacial score (nSPS) is 11.9. The predicted molar refractivity (Wildman–Crippen MR) is 91.0 cm³/mol. The number of amides is 1. The zero-order chi connectivity index (χ0) is 18.1. The fourth-order valence-electron chi connectivity index (χ4n) is 2.22. The van der Waals surface area contributed by atoms with Gasteiger partial charge >= 0.3 is 0 Å². The molecule has 1 atom stereocenters. The molecule has 25 heavy (non-hydrogen) atoms. The van der Waals surface area contributed by atoms with E-state index >= 15 is 0 Å². The van der Waals surface area contributed by atoms with Gasteiger partial charge < -0.3 is 14.6 Å². The van der Waals surface area contributed by atoms with Crippen LogP contribution in [0.3, 0.4) is 0 Å². The fourth-order valence-corrected chi connectivity index (χ4v) is 2.66. The minimum atomic E-state index is -2.23. The van der Waals surface area contributed by atoms with E-state index in [4.69, 9.17) is 4.74 Å². The average molecular weight is 364 g/mol. The van der Waals surface area contributed by atoms with Crippen LogP contribution in [0, 0.1) is 5.82 Å². The topological polar surface area (TPSA) is 78.5 Å². The summed E-state index contributed by atoms with van der Waals surface area (Å²) in [5.74, 6) is -0.537. The number of carbonyl (C=O) groups is 1. The van der Waals surface area contributed by atoms with Gasteiger partial charge in [0.25, 0.3) is 0 Å². The minimum Gasteiger partial charge on any atom is -0.768 e. The first-order chi connectivity index (χ1) is 12.0. The van der Waals surface area contributed by atoms with Gasteiger partial charge in [-0.15, -0.1) is 0 Å². The number of nitrogens with one attached hydrogen (secondary N) is 1. The molecule has 1 N–H and O–H groups in total. The maximum Gasteiger partial charge on any atom is 0.246 e. The highest BCUT2D eigenvalue weighted by Crippen LogP contribution is 2.10. The molecule has 0 heterocycles. The van der Waals surface area contributed by atoms with Crippen LogP contribution in [0.2, 0.25) is 0 Å². The van der Waals surface area contributed by atoms with Gasteiger partial charge in [-0.05, 0) is 59.3 Å². The second kappa shape index (κ2) is 10.0. The summed E-state index contributed by atoms with van der Waals surface area (Å²) in [6.07, 6.45) is 1.36. The van der Waals surface area contributed by atoms with Crippen molar-refractivity contribution in [2.75, 3.05) is 13.2 Å². The zero-order valence-corrected chi connectivity index (χ0v) is 14.4. The SMILES string of the molecule is O=C(COCc1ccc(F)cc1)NCCCc1cccc(S(=O)[O-])c1. The number of hydrogen-bond donors (Lipinski definition) is 1. The molecule has 1 unspecified atom stereocenters. The van der Waals surface area contributed by atoms with E-state index in [1.165, 1.54) is 18.2 Å². The van der Waals surface area contributed by atoms with E-state index in [0.29, 0.717) is 19.4 Å². The molecular formula is C18H19FNO4S-. The molecule has 0 aliphatic rings. The maximum atomic E-state index is 12.8. The third kappa shape index (κ3) is 7.13. The van der Waals surface area contributed by atoms with E-state index in [2.05, 4.69) is 5.32 Å². The summed E-state index contributed by atoms with van der Waals surface area (Å²) >= 11 is -2.23. The Morgan fingerprint density at radius 1 is 1.16 bits per heavy atom. The molecule has 0 bridgehead atoms. The van der Waals surface area contributed by atoms with Gasteiger partial charge in [0.15, 0.2) is 0 Å². The smallest absolute Gasteiger partial charge is 0.246 e. The lowest BCUT2D eigenvalue weighted by Gasteiger charge is -2.09. The van der Waals surface area contributed by atoms with Crippen molar-refractivity contribution in [2.24, 2.45) is 0 Å². The van der Waals surface area contributed by atoms with Crippen LogP contribution in [-0.4, -0.2) is 27.8 Å². The summed E-state index contributed by atoms with van der Waals surface area (Å²) in [5.41, 5.74) is 1.70. The Labute approximate surface area is 148 Å². The molecule has 2 aromatic rings. The lowest BCUT2D eigenvalue weighted by molar-refractivity contribution is -0.126. The summed E-state index contributed by atoms with van der Waals surface area (Å²) in [4.78, 5) is 11.9. The highest BCUT2D eigenvalue weighted by molar-refractivity contribution is 7.79. The van der Waals surface area contributed by atoms with Crippen molar-refractivity contribution in [3.63, 3.8) is 0 Å². The molecule has 134 valence electrons. The van der Waals surface area contributed by atoms with Crippen LogP contribution >= 0.6 is 0 Å². The van der Waals surface area contributed by atoms with Crippen LogP contribution in [0.25, 0.3) is 0 Å². The number of aryl methyl sites for hydroxylation is 1. The molecule has 1 amide bonds. The molecule has 0 spiro atoms. The van der Waals surface area contributed by atoms with Crippen molar-refractivity contribution >= 4 is 17.0 Å². The fraction of sp³-hybridized carbons (Fsp3) is 0.278. The molecule has 0 saturated carbocycles. The second-order valence-corrected chi connectivity index (χ2v) is 6.40. The number of carbonyl (C=O) groups excluding carboxylic acids is 1. The van der Waals surface area contributed by atoms with E-state index in [1.54, 1.807) is 24.3 Å². The number of rotatable bonds is 9. The first kappa shape index (κ1) is 19.2. The molecule has 2 rings (SSSR count). The minimum absolute atomic E-state index is 0.0674. The standard InChI is InChI=1S/C18H20FNO4S/c19-16-8-6-15(7-9-16)12-24-13-18(21)20-10-2-4-14-3-1-5-17(11-14)25(22)23/h1,3,5-9,11H,2,4,10,12-13H2,(H,20,21)(H,22,23)/p-1. The van der Waals surface area contributed by atoms with Crippen molar-refractivity contribution in [1.82, 2.24) is 5.32 Å². The van der Waals surface area contributed by atoms with Crippen molar-refractivity contribution in [2.45, 2.75) is 24.3 Å². The maximum absolute atomic E-state index is 12.8. The van der Waals surface area contributed by atoms with Crippen LogP contribution in [-0.2, 0) is 33.6 Å². The Morgan fingerprint density at radius 3 is 2.64 bits per heavy atom. The van der Waals surface area contributed by atoms with E-state index in [1.807, 2.05) is 6.07 Å². The molecule has 0 aromatic heterocycles. The van der Waals surface area contributed by atoms with Crippen molar-refractivity contribution in [3.8, 4) is 0 Å². The summed E-state index contributed by atoms with van der Waals surface area (Å²) in [7, 11) is 0. The van der Waals surface area contributed by atoms with Crippen LogP contribution in [0.15, 0.2) is 53.4 Å². The van der Waals surface area contributed by atoms with Gasteiger partial charge in [0.2, 0.25) is 5.91 Å².